The summed E-state index contributed by atoms with van der Waals surface area (Å²) in [5.41, 5.74) is -1.73. The summed E-state index contributed by atoms with van der Waals surface area (Å²) >= 11 is 0. The molecule has 192 valence electrons. The van der Waals surface area contributed by atoms with E-state index < -0.39 is 41.1 Å². The molecule has 2 aromatic carbocycles. The standard InChI is InChI=1S/C29H30N2O6/c1-3-28-12-7-15-36-27(35)23(28)22-25(33)31(18(2)17-32)24-26(34)30(14-6-13-29(22,24)37-28)21-11-10-19-8-4-5-9-20(19)16-21/h4-13,16,18,22-24,32H,3,14-15,17H2,1-2H3/t18-,22+,23+,24?,28-,29+/m1/s1. The first-order chi connectivity index (χ1) is 17.9. The van der Waals surface area contributed by atoms with Crippen LogP contribution in [0.25, 0.3) is 10.8 Å². The first-order valence-electron chi connectivity index (χ1n) is 12.8. The zero-order chi connectivity index (χ0) is 25.9. The number of aliphatic hydroxyl groups is 1. The van der Waals surface area contributed by atoms with Crippen molar-refractivity contribution in [1.29, 1.82) is 0 Å². The molecule has 0 aromatic heterocycles. The minimum Gasteiger partial charge on any atom is -0.461 e. The predicted molar refractivity (Wildman–Crippen MR) is 137 cm³/mol. The van der Waals surface area contributed by atoms with Crippen molar-refractivity contribution >= 4 is 34.2 Å². The van der Waals surface area contributed by atoms with E-state index >= 15 is 0 Å². The Morgan fingerprint density at radius 3 is 2.57 bits per heavy atom. The van der Waals surface area contributed by atoms with Crippen LogP contribution in [0, 0.1) is 11.8 Å². The van der Waals surface area contributed by atoms with E-state index in [1.807, 2.05) is 61.5 Å². The van der Waals surface area contributed by atoms with Gasteiger partial charge in [-0.25, -0.2) is 0 Å². The largest absolute Gasteiger partial charge is 0.461 e. The van der Waals surface area contributed by atoms with Crippen LogP contribution in [0.5, 0.6) is 0 Å². The van der Waals surface area contributed by atoms with Gasteiger partial charge in [0, 0.05) is 12.2 Å². The van der Waals surface area contributed by atoms with Crippen LogP contribution in [0.1, 0.15) is 20.3 Å². The van der Waals surface area contributed by atoms with Gasteiger partial charge in [-0.2, -0.15) is 0 Å². The molecule has 8 heteroatoms. The molecule has 2 amide bonds. The third-order valence-corrected chi connectivity index (χ3v) is 8.42. The topological polar surface area (TPSA) is 96.4 Å². The number of rotatable bonds is 4. The van der Waals surface area contributed by atoms with Gasteiger partial charge in [-0.1, -0.05) is 55.5 Å². The number of carbonyl (C=O) groups is 3. The molecule has 0 bridgehead atoms. The number of benzene rings is 2. The Balaban J connectivity index is 1.51. The Morgan fingerprint density at radius 1 is 1.03 bits per heavy atom. The summed E-state index contributed by atoms with van der Waals surface area (Å²) in [5.74, 6) is -3.03. The number of anilines is 1. The van der Waals surface area contributed by atoms with Crippen molar-refractivity contribution in [3.63, 3.8) is 0 Å². The van der Waals surface area contributed by atoms with Gasteiger partial charge in [-0.15, -0.1) is 0 Å². The highest BCUT2D eigenvalue weighted by Crippen LogP contribution is 2.58. The van der Waals surface area contributed by atoms with E-state index in [-0.39, 0.29) is 31.6 Å². The quantitative estimate of drug-likeness (QED) is 0.510. The van der Waals surface area contributed by atoms with Crippen LogP contribution in [-0.2, 0) is 23.9 Å². The molecule has 37 heavy (non-hydrogen) atoms. The van der Waals surface area contributed by atoms with Crippen molar-refractivity contribution in [3.05, 3.63) is 66.8 Å². The molecule has 8 nitrogen and oxygen atoms in total. The summed E-state index contributed by atoms with van der Waals surface area (Å²) in [4.78, 5) is 44.9. The molecule has 1 unspecified atom stereocenters. The Bertz CT molecular complexity index is 1350. The van der Waals surface area contributed by atoms with E-state index in [1.54, 1.807) is 24.0 Å². The van der Waals surface area contributed by atoms with Gasteiger partial charge in [0.25, 0.3) is 5.91 Å². The molecule has 0 saturated carbocycles. The summed E-state index contributed by atoms with van der Waals surface area (Å²) in [5, 5.41) is 12.1. The maximum absolute atomic E-state index is 14.4. The SMILES string of the molecule is CC[C@@]12C=CCOC(=O)[C@@H]1[C@H]1C(=O)N([C@H](C)CO)C3C(=O)N(c4ccc5ccccc5c4)CC=C[C@@]31O2. The van der Waals surface area contributed by atoms with Crippen molar-refractivity contribution in [2.45, 2.75) is 43.6 Å². The van der Waals surface area contributed by atoms with Gasteiger partial charge in [0.1, 0.15) is 29.8 Å². The highest BCUT2D eigenvalue weighted by molar-refractivity contribution is 6.06. The number of ether oxygens (including phenoxy) is 2. The summed E-state index contributed by atoms with van der Waals surface area (Å²) in [6, 6.07) is 12.0. The van der Waals surface area contributed by atoms with Gasteiger partial charge in [0.05, 0.1) is 18.6 Å². The third-order valence-electron chi connectivity index (χ3n) is 8.42. The smallest absolute Gasteiger partial charge is 0.313 e. The fraction of sp³-hybridized carbons (Fsp3) is 0.414. The van der Waals surface area contributed by atoms with Crippen LogP contribution in [-0.4, -0.2) is 70.8 Å². The van der Waals surface area contributed by atoms with Crippen LogP contribution in [0.2, 0.25) is 0 Å². The lowest BCUT2D eigenvalue weighted by Gasteiger charge is -2.39. The molecule has 6 atom stereocenters. The van der Waals surface area contributed by atoms with Crippen molar-refractivity contribution in [2.24, 2.45) is 11.8 Å². The lowest BCUT2D eigenvalue weighted by atomic mass is 9.73. The van der Waals surface area contributed by atoms with Crippen molar-refractivity contribution in [2.75, 3.05) is 24.7 Å². The van der Waals surface area contributed by atoms with E-state index in [0.717, 1.165) is 10.8 Å². The molecule has 4 aliphatic heterocycles. The Morgan fingerprint density at radius 2 is 1.81 bits per heavy atom. The first-order valence-corrected chi connectivity index (χ1v) is 12.8. The number of aliphatic hydroxyl groups excluding tert-OH is 1. The third kappa shape index (κ3) is 3.25. The van der Waals surface area contributed by atoms with Crippen LogP contribution >= 0.6 is 0 Å². The predicted octanol–water partition coefficient (Wildman–Crippen LogP) is 2.60. The second-order valence-corrected chi connectivity index (χ2v) is 10.3. The number of hydrogen-bond acceptors (Lipinski definition) is 6. The fourth-order valence-corrected chi connectivity index (χ4v) is 6.67. The molecule has 0 radical (unpaired) electrons. The highest BCUT2D eigenvalue weighted by atomic mass is 16.6. The average molecular weight is 503 g/mol. The number of likely N-dealkylation sites (tertiary alicyclic amines) is 1. The molecule has 2 aromatic rings. The van der Waals surface area contributed by atoms with E-state index in [1.165, 1.54) is 4.90 Å². The molecule has 4 heterocycles. The Labute approximate surface area is 215 Å². The zero-order valence-electron chi connectivity index (χ0n) is 20.9. The number of cyclic esters (lactones) is 1. The minimum absolute atomic E-state index is 0.110. The van der Waals surface area contributed by atoms with Gasteiger partial charge >= 0.3 is 5.97 Å². The van der Waals surface area contributed by atoms with Gasteiger partial charge < -0.3 is 24.4 Å². The van der Waals surface area contributed by atoms with Crippen molar-refractivity contribution < 1.29 is 29.0 Å². The summed E-state index contributed by atoms with van der Waals surface area (Å²) in [7, 11) is 0. The van der Waals surface area contributed by atoms with E-state index in [9.17, 15) is 19.5 Å². The maximum atomic E-state index is 14.4. The van der Waals surface area contributed by atoms with Gasteiger partial charge in [-0.05, 0) is 42.3 Å². The molecular weight excluding hydrogens is 472 g/mol. The van der Waals surface area contributed by atoms with Crippen LogP contribution in [0.4, 0.5) is 5.69 Å². The number of hydrogen-bond donors (Lipinski definition) is 1. The molecule has 6 rings (SSSR count). The Hall–Kier alpha value is -3.49. The zero-order valence-corrected chi connectivity index (χ0v) is 20.9. The molecule has 0 aliphatic carbocycles. The van der Waals surface area contributed by atoms with E-state index in [4.69, 9.17) is 9.47 Å². The number of carbonyl (C=O) groups excluding carboxylic acids is 3. The normalized spacial score (nSPS) is 33.6. The second kappa shape index (κ2) is 8.53. The minimum atomic E-state index is -1.37. The van der Waals surface area contributed by atoms with Crippen LogP contribution < -0.4 is 4.90 Å². The second-order valence-electron chi connectivity index (χ2n) is 10.3. The number of nitrogens with zero attached hydrogens (tertiary/aromatic N) is 2. The molecule has 1 spiro atoms. The monoisotopic (exact) mass is 502 g/mol. The molecule has 1 N–H and O–H groups in total. The lowest BCUT2D eigenvalue weighted by Crippen LogP contribution is -2.58. The molecule has 2 fully saturated rings. The number of amides is 2. The van der Waals surface area contributed by atoms with Gasteiger partial charge in [-0.3, -0.25) is 14.4 Å². The number of fused-ring (bicyclic) bond motifs is 3. The first kappa shape index (κ1) is 23.9. The van der Waals surface area contributed by atoms with E-state index in [2.05, 4.69) is 0 Å². The summed E-state index contributed by atoms with van der Waals surface area (Å²) in [6.45, 7) is 3.67. The van der Waals surface area contributed by atoms with Crippen LogP contribution in [0.15, 0.2) is 66.8 Å². The molecule has 2 saturated heterocycles. The van der Waals surface area contributed by atoms with Crippen molar-refractivity contribution in [1.82, 2.24) is 4.90 Å². The molecule has 4 aliphatic rings. The highest BCUT2D eigenvalue weighted by Gasteiger charge is 2.75. The molecular formula is C29H30N2O6. The lowest BCUT2D eigenvalue weighted by molar-refractivity contribution is -0.158. The maximum Gasteiger partial charge on any atom is 0.313 e. The van der Waals surface area contributed by atoms with Crippen molar-refractivity contribution in [3.8, 4) is 0 Å². The Kier molecular flexibility index (Phi) is 5.51. The van der Waals surface area contributed by atoms with Gasteiger partial charge in [0.2, 0.25) is 5.91 Å². The van der Waals surface area contributed by atoms with Gasteiger partial charge in [0.15, 0.2) is 0 Å². The summed E-state index contributed by atoms with van der Waals surface area (Å²) < 4.78 is 12.2. The van der Waals surface area contributed by atoms with Crippen LogP contribution in [0.3, 0.4) is 0 Å². The van der Waals surface area contributed by atoms with E-state index in [0.29, 0.717) is 12.1 Å². The average Bonchev–Trinajstić information content (AvgIpc) is 3.20. The number of esters is 1. The summed E-state index contributed by atoms with van der Waals surface area (Å²) in [6.07, 6.45) is 7.66. The fourth-order valence-electron chi connectivity index (χ4n) is 6.67.